The van der Waals surface area contributed by atoms with Crippen LogP contribution in [0.4, 0.5) is 5.82 Å². The Kier molecular flexibility index (Phi) is 5.31. The van der Waals surface area contributed by atoms with Crippen molar-refractivity contribution in [2.24, 2.45) is 5.84 Å². The highest BCUT2D eigenvalue weighted by Crippen LogP contribution is 2.19. The molecule has 1 atom stereocenters. The van der Waals surface area contributed by atoms with Gasteiger partial charge in [-0.3, -0.25) is 4.79 Å². The lowest BCUT2D eigenvalue weighted by atomic mass is 10.1. The van der Waals surface area contributed by atoms with E-state index in [1.807, 2.05) is 4.90 Å². The Labute approximate surface area is 119 Å². The molecule has 0 aliphatic carbocycles. The molecule has 0 radical (unpaired) electrons. The molecule has 110 valence electrons. The van der Waals surface area contributed by atoms with E-state index in [1.54, 1.807) is 18.3 Å². The van der Waals surface area contributed by atoms with Crippen LogP contribution in [-0.4, -0.2) is 41.6 Å². The molecule has 1 fully saturated rings. The molecule has 1 amide bonds. The van der Waals surface area contributed by atoms with Gasteiger partial charge in [-0.15, -0.1) is 0 Å². The minimum absolute atomic E-state index is 0.0455. The first-order valence-electron chi connectivity index (χ1n) is 7.08. The quantitative estimate of drug-likeness (QED) is 0.628. The zero-order chi connectivity index (χ0) is 14.4. The molecule has 3 N–H and O–H groups in total. The van der Waals surface area contributed by atoms with Crippen LogP contribution in [0.15, 0.2) is 18.3 Å². The van der Waals surface area contributed by atoms with Gasteiger partial charge in [-0.05, 0) is 31.4 Å². The van der Waals surface area contributed by atoms with E-state index in [0.29, 0.717) is 17.9 Å². The highest BCUT2D eigenvalue weighted by atomic mass is 16.5. The summed E-state index contributed by atoms with van der Waals surface area (Å²) in [6, 6.07) is 3.48. The lowest BCUT2D eigenvalue weighted by Crippen LogP contribution is -2.43. The standard InChI is InChI=1S/C14H22N4O2/c1-2-9-20-11-5-4-8-18(10-11)14(19)12-6-3-7-16-13(12)17-15/h3,6-7,11H,2,4-5,8-10,15H2,1H3,(H,16,17). The zero-order valence-electron chi connectivity index (χ0n) is 11.8. The maximum atomic E-state index is 12.5. The molecule has 1 aliphatic heterocycles. The number of amides is 1. The topological polar surface area (TPSA) is 80.5 Å². The van der Waals surface area contributed by atoms with Crippen LogP contribution in [0.3, 0.4) is 0 Å². The maximum Gasteiger partial charge on any atom is 0.257 e. The van der Waals surface area contributed by atoms with Crippen molar-refractivity contribution in [1.29, 1.82) is 0 Å². The SMILES string of the molecule is CCCOC1CCCN(C(=O)c2cccnc2NN)C1. The van der Waals surface area contributed by atoms with Gasteiger partial charge in [-0.1, -0.05) is 6.92 Å². The number of aromatic nitrogens is 1. The largest absolute Gasteiger partial charge is 0.376 e. The van der Waals surface area contributed by atoms with E-state index < -0.39 is 0 Å². The summed E-state index contributed by atoms with van der Waals surface area (Å²) in [5.74, 6) is 5.77. The van der Waals surface area contributed by atoms with Crippen molar-refractivity contribution < 1.29 is 9.53 Å². The molecule has 2 heterocycles. The molecule has 1 aliphatic rings. The molecule has 1 saturated heterocycles. The number of nitrogens with two attached hydrogens (primary N) is 1. The molecule has 0 saturated carbocycles. The van der Waals surface area contributed by atoms with Gasteiger partial charge < -0.3 is 15.1 Å². The number of anilines is 1. The van der Waals surface area contributed by atoms with E-state index in [-0.39, 0.29) is 12.0 Å². The Morgan fingerprint density at radius 2 is 2.50 bits per heavy atom. The van der Waals surface area contributed by atoms with Crippen LogP contribution in [0.5, 0.6) is 0 Å². The summed E-state index contributed by atoms with van der Waals surface area (Å²) in [5, 5.41) is 0. The summed E-state index contributed by atoms with van der Waals surface area (Å²) in [5.41, 5.74) is 2.98. The van der Waals surface area contributed by atoms with Crippen LogP contribution in [0.25, 0.3) is 0 Å². The van der Waals surface area contributed by atoms with E-state index in [9.17, 15) is 4.79 Å². The Morgan fingerprint density at radius 1 is 1.65 bits per heavy atom. The number of hydrogen-bond acceptors (Lipinski definition) is 5. The van der Waals surface area contributed by atoms with Crippen LogP contribution in [0.2, 0.25) is 0 Å². The minimum Gasteiger partial charge on any atom is -0.376 e. The lowest BCUT2D eigenvalue weighted by Gasteiger charge is -2.33. The van der Waals surface area contributed by atoms with Gasteiger partial charge >= 0.3 is 0 Å². The van der Waals surface area contributed by atoms with Gasteiger partial charge in [0.2, 0.25) is 0 Å². The van der Waals surface area contributed by atoms with Crippen LogP contribution in [-0.2, 0) is 4.74 Å². The van der Waals surface area contributed by atoms with Gasteiger partial charge in [0.25, 0.3) is 5.91 Å². The molecule has 0 aromatic carbocycles. The van der Waals surface area contributed by atoms with Crippen molar-refractivity contribution in [3.63, 3.8) is 0 Å². The fourth-order valence-electron chi connectivity index (χ4n) is 2.41. The van der Waals surface area contributed by atoms with Crippen molar-refractivity contribution in [3.8, 4) is 0 Å². The highest BCUT2D eigenvalue weighted by molar-refractivity contribution is 5.98. The first-order valence-corrected chi connectivity index (χ1v) is 7.08. The third-order valence-electron chi connectivity index (χ3n) is 3.40. The molecular weight excluding hydrogens is 256 g/mol. The van der Waals surface area contributed by atoms with E-state index in [1.165, 1.54) is 0 Å². The molecule has 0 spiro atoms. The summed E-state index contributed by atoms with van der Waals surface area (Å²) < 4.78 is 5.76. The normalized spacial score (nSPS) is 18.9. The number of carbonyl (C=O) groups is 1. The predicted molar refractivity (Wildman–Crippen MR) is 77.2 cm³/mol. The Bertz CT molecular complexity index is 453. The van der Waals surface area contributed by atoms with E-state index in [2.05, 4.69) is 17.3 Å². The fourth-order valence-corrected chi connectivity index (χ4v) is 2.41. The predicted octanol–water partition coefficient (Wildman–Crippen LogP) is 1.40. The molecule has 1 aromatic rings. The smallest absolute Gasteiger partial charge is 0.257 e. The van der Waals surface area contributed by atoms with Crippen LogP contribution < -0.4 is 11.3 Å². The van der Waals surface area contributed by atoms with Gasteiger partial charge in [-0.25, -0.2) is 10.8 Å². The summed E-state index contributed by atoms with van der Waals surface area (Å²) in [7, 11) is 0. The van der Waals surface area contributed by atoms with Crippen LogP contribution in [0, 0.1) is 0 Å². The third kappa shape index (κ3) is 3.46. The number of likely N-dealkylation sites (tertiary alicyclic amines) is 1. The number of carbonyl (C=O) groups excluding carboxylic acids is 1. The summed E-state index contributed by atoms with van der Waals surface area (Å²) in [4.78, 5) is 18.4. The van der Waals surface area contributed by atoms with Gasteiger partial charge in [0, 0.05) is 25.9 Å². The summed E-state index contributed by atoms with van der Waals surface area (Å²) >= 11 is 0. The monoisotopic (exact) mass is 278 g/mol. The fraction of sp³-hybridized carbons (Fsp3) is 0.571. The molecule has 6 heteroatoms. The second-order valence-electron chi connectivity index (χ2n) is 4.93. The summed E-state index contributed by atoms with van der Waals surface area (Å²) in [6.45, 7) is 4.22. The van der Waals surface area contributed by atoms with Crippen molar-refractivity contribution >= 4 is 11.7 Å². The maximum absolute atomic E-state index is 12.5. The number of hydrazine groups is 1. The first-order chi connectivity index (χ1) is 9.76. The number of nitrogens with one attached hydrogen (secondary N) is 1. The van der Waals surface area contributed by atoms with E-state index in [4.69, 9.17) is 10.6 Å². The van der Waals surface area contributed by atoms with Crippen LogP contribution >= 0.6 is 0 Å². The molecular formula is C14H22N4O2. The molecule has 1 unspecified atom stereocenters. The van der Waals surface area contributed by atoms with Gasteiger partial charge in [0.05, 0.1) is 11.7 Å². The average molecular weight is 278 g/mol. The van der Waals surface area contributed by atoms with Gasteiger partial charge in [0.15, 0.2) is 5.82 Å². The van der Waals surface area contributed by atoms with Crippen molar-refractivity contribution in [2.45, 2.75) is 32.3 Å². The first kappa shape index (κ1) is 14.7. The van der Waals surface area contributed by atoms with E-state index >= 15 is 0 Å². The number of pyridine rings is 1. The Hall–Kier alpha value is -1.66. The third-order valence-corrected chi connectivity index (χ3v) is 3.40. The zero-order valence-corrected chi connectivity index (χ0v) is 11.8. The van der Waals surface area contributed by atoms with Crippen molar-refractivity contribution in [3.05, 3.63) is 23.9 Å². The molecule has 0 bridgehead atoms. The number of hydrogen-bond donors (Lipinski definition) is 2. The van der Waals surface area contributed by atoms with Crippen molar-refractivity contribution in [2.75, 3.05) is 25.1 Å². The summed E-state index contributed by atoms with van der Waals surface area (Å²) in [6.07, 6.45) is 4.72. The van der Waals surface area contributed by atoms with E-state index in [0.717, 1.165) is 32.4 Å². The molecule has 1 aromatic heterocycles. The Balaban J connectivity index is 2.04. The minimum atomic E-state index is -0.0455. The lowest BCUT2D eigenvalue weighted by molar-refractivity contribution is 0.00213. The van der Waals surface area contributed by atoms with Crippen molar-refractivity contribution in [1.82, 2.24) is 9.88 Å². The Morgan fingerprint density at radius 3 is 3.25 bits per heavy atom. The number of ether oxygens (including phenoxy) is 1. The molecule has 6 nitrogen and oxygen atoms in total. The number of nitrogen functional groups attached to an aromatic ring is 1. The van der Waals surface area contributed by atoms with Gasteiger partial charge in [0.1, 0.15) is 0 Å². The van der Waals surface area contributed by atoms with Gasteiger partial charge in [-0.2, -0.15) is 0 Å². The number of piperidine rings is 1. The molecule has 20 heavy (non-hydrogen) atoms. The average Bonchev–Trinajstić information content (AvgIpc) is 2.52. The molecule has 2 rings (SSSR count). The highest BCUT2D eigenvalue weighted by Gasteiger charge is 2.26. The second-order valence-corrected chi connectivity index (χ2v) is 4.93. The number of rotatable bonds is 5. The van der Waals surface area contributed by atoms with Crippen LogP contribution in [0.1, 0.15) is 36.5 Å². The second kappa shape index (κ2) is 7.21. The number of nitrogens with zero attached hydrogens (tertiary/aromatic N) is 2.